The second-order valence-corrected chi connectivity index (χ2v) is 9.33. The molecule has 0 saturated heterocycles. The molecule has 1 aromatic heterocycles. The zero-order valence-electron chi connectivity index (χ0n) is 13.4. The zero-order chi connectivity index (χ0) is 14.9. The Morgan fingerprint density at radius 2 is 2.10 bits per heavy atom. The molecule has 21 heavy (non-hydrogen) atoms. The van der Waals surface area contributed by atoms with Crippen LogP contribution in [-0.4, -0.2) is 6.54 Å². The lowest BCUT2D eigenvalue weighted by Crippen LogP contribution is -2.36. The Labute approximate surface area is 138 Å². The highest BCUT2D eigenvalue weighted by Gasteiger charge is 2.35. The van der Waals surface area contributed by atoms with Gasteiger partial charge in [-0.3, -0.25) is 0 Å². The summed E-state index contributed by atoms with van der Waals surface area (Å²) in [4.78, 5) is 1.52. The Bertz CT molecular complexity index is 474. The molecule has 0 bridgehead atoms. The minimum atomic E-state index is 0.544. The smallest absolute Gasteiger partial charge is 0.0934 e. The van der Waals surface area contributed by atoms with Gasteiger partial charge in [-0.05, 0) is 61.5 Å². The van der Waals surface area contributed by atoms with Gasteiger partial charge in [0.2, 0.25) is 0 Å². The first kappa shape index (κ1) is 15.8. The van der Waals surface area contributed by atoms with Gasteiger partial charge in [0, 0.05) is 17.5 Å². The van der Waals surface area contributed by atoms with E-state index in [4.69, 9.17) is 11.6 Å². The molecule has 0 radical (unpaired) electrons. The molecule has 0 spiro atoms. The van der Waals surface area contributed by atoms with Crippen molar-refractivity contribution in [3.05, 3.63) is 20.8 Å². The zero-order valence-corrected chi connectivity index (χ0v) is 15.0. The largest absolute Gasteiger partial charge is 0.309 e. The van der Waals surface area contributed by atoms with E-state index in [-0.39, 0.29) is 0 Å². The van der Waals surface area contributed by atoms with Crippen LogP contribution in [0.4, 0.5) is 0 Å². The molecule has 2 aliphatic carbocycles. The monoisotopic (exact) mass is 325 g/mol. The van der Waals surface area contributed by atoms with Crippen molar-refractivity contribution in [2.45, 2.75) is 71.3 Å². The fourth-order valence-electron chi connectivity index (χ4n) is 4.52. The van der Waals surface area contributed by atoms with Gasteiger partial charge in [0.15, 0.2) is 0 Å². The predicted octanol–water partition coefficient (Wildman–Crippen LogP) is 5.98. The molecule has 1 heterocycles. The summed E-state index contributed by atoms with van der Waals surface area (Å²) in [5.41, 5.74) is 2.06. The van der Waals surface area contributed by atoms with Crippen LogP contribution in [0.5, 0.6) is 0 Å². The summed E-state index contributed by atoms with van der Waals surface area (Å²) in [6.45, 7) is 5.94. The fourth-order valence-corrected chi connectivity index (χ4v) is 5.90. The second-order valence-electron chi connectivity index (χ2n) is 7.56. The average molecular weight is 326 g/mol. The number of aryl methyl sites for hydroxylation is 1. The van der Waals surface area contributed by atoms with Crippen LogP contribution in [0.1, 0.15) is 75.3 Å². The van der Waals surface area contributed by atoms with Crippen LogP contribution in [0.25, 0.3) is 0 Å². The molecule has 1 saturated carbocycles. The van der Waals surface area contributed by atoms with Gasteiger partial charge in [-0.25, -0.2) is 0 Å². The molecule has 0 amide bonds. The topological polar surface area (TPSA) is 12.0 Å². The number of hydrogen-bond acceptors (Lipinski definition) is 2. The molecule has 1 fully saturated rings. The first-order valence-electron chi connectivity index (χ1n) is 8.59. The Kier molecular flexibility index (Phi) is 4.97. The molecule has 1 nitrogen and oxygen atoms in total. The minimum absolute atomic E-state index is 0.544. The number of fused-ring (bicyclic) bond motifs is 1. The molecule has 1 atom stereocenters. The molecule has 0 aliphatic heterocycles. The summed E-state index contributed by atoms with van der Waals surface area (Å²) in [6, 6.07) is 2.75. The van der Waals surface area contributed by atoms with E-state index < -0.39 is 0 Å². The van der Waals surface area contributed by atoms with Crippen molar-refractivity contribution < 1.29 is 0 Å². The van der Waals surface area contributed by atoms with Crippen LogP contribution in [-0.2, 0) is 6.42 Å². The average Bonchev–Trinajstić information content (AvgIpc) is 3.02. The van der Waals surface area contributed by atoms with E-state index in [0.29, 0.717) is 11.5 Å². The van der Waals surface area contributed by atoms with Crippen LogP contribution in [0.3, 0.4) is 0 Å². The van der Waals surface area contributed by atoms with Gasteiger partial charge in [0.05, 0.1) is 4.34 Å². The maximum absolute atomic E-state index is 6.23. The molecular formula is C18H28ClNS. The molecule has 0 aromatic carbocycles. The first-order valence-corrected chi connectivity index (χ1v) is 9.79. The molecule has 1 N–H and O–H groups in total. The number of thiophene rings is 1. The second kappa shape index (κ2) is 6.60. The highest BCUT2D eigenvalue weighted by Crippen LogP contribution is 2.44. The normalized spacial score (nSPS) is 24.5. The van der Waals surface area contributed by atoms with Crippen molar-refractivity contribution in [3.8, 4) is 0 Å². The Hall–Kier alpha value is -0.0500. The van der Waals surface area contributed by atoms with Crippen LogP contribution < -0.4 is 5.32 Å². The van der Waals surface area contributed by atoms with E-state index in [1.165, 1.54) is 68.4 Å². The van der Waals surface area contributed by atoms with Crippen LogP contribution in [0, 0.1) is 11.3 Å². The molecule has 3 rings (SSSR count). The van der Waals surface area contributed by atoms with Crippen molar-refractivity contribution in [2.24, 2.45) is 11.3 Å². The summed E-state index contributed by atoms with van der Waals surface area (Å²) in [5, 5.41) is 3.93. The van der Waals surface area contributed by atoms with Crippen molar-refractivity contribution in [2.75, 3.05) is 6.54 Å². The molecular weight excluding hydrogens is 298 g/mol. The van der Waals surface area contributed by atoms with Gasteiger partial charge in [-0.15, -0.1) is 11.3 Å². The Morgan fingerprint density at radius 1 is 1.33 bits per heavy atom. The predicted molar refractivity (Wildman–Crippen MR) is 93.4 cm³/mol. The van der Waals surface area contributed by atoms with Crippen molar-refractivity contribution in [1.29, 1.82) is 0 Å². The fraction of sp³-hybridized carbons (Fsp3) is 0.778. The van der Waals surface area contributed by atoms with Crippen molar-refractivity contribution in [1.82, 2.24) is 5.32 Å². The SMILES string of the molecule is CC(C)CC1(CNC2CCCc3sc(Cl)cc32)CCCC1. The van der Waals surface area contributed by atoms with E-state index in [1.54, 1.807) is 11.3 Å². The summed E-state index contributed by atoms with van der Waals surface area (Å²) < 4.78 is 0.964. The first-order chi connectivity index (χ1) is 10.1. The van der Waals surface area contributed by atoms with Crippen LogP contribution >= 0.6 is 22.9 Å². The molecule has 2 aliphatic rings. The summed E-state index contributed by atoms with van der Waals surface area (Å²) >= 11 is 8.02. The van der Waals surface area contributed by atoms with Crippen LogP contribution in [0.2, 0.25) is 4.34 Å². The molecule has 1 aromatic rings. The third kappa shape index (κ3) is 3.65. The quantitative estimate of drug-likeness (QED) is 0.702. The van der Waals surface area contributed by atoms with Gasteiger partial charge in [-0.1, -0.05) is 38.3 Å². The lowest BCUT2D eigenvalue weighted by Gasteiger charge is -2.34. The van der Waals surface area contributed by atoms with Crippen LogP contribution in [0.15, 0.2) is 6.07 Å². The standard InChI is InChI=1S/C18H28ClNS/c1-13(2)11-18(8-3-4-9-18)12-20-15-6-5-7-16-14(15)10-17(19)21-16/h10,13,15,20H,3-9,11-12H2,1-2H3. The van der Waals surface area contributed by atoms with Crippen molar-refractivity contribution in [3.63, 3.8) is 0 Å². The number of nitrogens with one attached hydrogen (secondary N) is 1. The molecule has 1 unspecified atom stereocenters. The lowest BCUT2D eigenvalue weighted by molar-refractivity contribution is 0.212. The molecule has 118 valence electrons. The Balaban J connectivity index is 1.67. The van der Waals surface area contributed by atoms with E-state index in [1.807, 2.05) is 0 Å². The lowest BCUT2D eigenvalue weighted by atomic mass is 9.78. The van der Waals surface area contributed by atoms with Gasteiger partial charge < -0.3 is 5.32 Å². The summed E-state index contributed by atoms with van der Waals surface area (Å²) in [7, 11) is 0. The number of hydrogen-bond donors (Lipinski definition) is 1. The summed E-state index contributed by atoms with van der Waals surface area (Å²) in [6.07, 6.45) is 10.9. The highest BCUT2D eigenvalue weighted by molar-refractivity contribution is 7.16. The van der Waals surface area contributed by atoms with E-state index >= 15 is 0 Å². The Morgan fingerprint density at radius 3 is 2.81 bits per heavy atom. The maximum Gasteiger partial charge on any atom is 0.0934 e. The van der Waals surface area contributed by atoms with Crippen molar-refractivity contribution >= 4 is 22.9 Å². The third-order valence-corrected chi connectivity index (χ3v) is 6.65. The van der Waals surface area contributed by atoms with Gasteiger partial charge in [-0.2, -0.15) is 0 Å². The van der Waals surface area contributed by atoms with Gasteiger partial charge >= 0.3 is 0 Å². The van der Waals surface area contributed by atoms with Gasteiger partial charge in [0.25, 0.3) is 0 Å². The van der Waals surface area contributed by atoms with E-state index in [9.17, 15) is 0 Å². The highest BCUT2D eigenvalue weighted by atomic mass is 35.5. The molecule has 3 heteroatoms. The summed E-state index contributed by atoms with van der Waals surface area (Å²) in [5.74, 6) is 0.808. The number of rotatable bonds is 5. The minimum Gasteiger partial charge on any atom is -0.309 e. The van der Waals surface area contributed by atoms with E-state index in [2.05, 4.69) is 25.2 Å². The number of halogens is 1. The van der Waals surface area contributed by atoms with Gasteiger partial charge in [0.1, 0.15) is 0 Å². The maximum atomic E-state index is 6.23. The van der Waals surface area contributed by atoms with E-state index in [0.717, 1.165) is 10.3 Å². The third-order valence-electron chi connectivity index (χ3n) is 5.31.